The molecule has 0 saturated heterocycles. The summed E-state index contributed by atoms with van der Waals surface area (Å²) >= 11 is 6.06. The first-order valence-electron chi connectivity index (χ1n) is 9.86. The van der Waals surface area contributed by atoms with Crippen LogP contribution in [0.25, 0.3) is 0 Å². The monoisotopic (exact) mass is 442 g/mol. The van der Waals surface area contributed by atoms with Crippen LogP contribution in [-0.4, -0.2) is 41.2 Å². The predicted octanol–water partition coefficient (Wildman–Crippen LogP) is 4.08. The van der Waals surface area contributed by atoms with E-state index in [9.17, 15) is 19.2 Å². The minimum Gasteiger partial charge on any atom is -0.449 e. The Labute approximate surface area is 185 Å². The van der Waals surface area contributed by atoms with Gasteiger partial charge in [0.2, 0.25) is 0 Å². The van der Waals surface area contributed by atoms with E-state index in [-0.39, 0.29) is 28.5 Å². The second kappa shape index (κ2) is 8.89. The van der Waals surface area contributed by atoms with Gasteiger partial charge in [0.25, 0.3) is 17.7 Å². The second-order valence-corrected chi connectivity index (χ2v) is 8.28. The van der Waals surface area contributed by atoms with Crippen LogP contribution in [0.2, 0.25) is 5.02 Å². The fourth-order valence-electron chi connectivity index (χ4n) is 3.15. The minimum atomic E-state index is -1.09. The van der Waals surface area contributed by atoms with Crippen LogP contribution in [0.15, 0.2) is 36.4 Å². The highest BCUT2D eigenvalue weighted by Crippen LogP contribution is 2.25. The number of amides is 3. The van der Waals surface area contributed by atoms with Gasteiger partial charge in [-0.15, -0.1) is 0 Å². The van der Waals surface area contributed by atoms with Gasteiger partial charge in [0.1, 0.15) is 0 Å². The van der Waals surface area contributed by atoms with E-state index in [0.29, 0.717) is 17.3 Å². The van der Waals surface area contributed by atoms with E-state index in [0.717, 1.165) is 5.56 Å². The number of benzene rings is 2. The van der Waals surface area contributed by atoms with Crippen molar-refractivity contribution in [1.82, 2.24) is 4.90 Å². The quantitative estimate of drug-likeness (QED) is 0.537. The highest BCUT2D eigenvalue weighted by molar-refractivity contribution is 6.31. The minimum absolute atomic E-state index is 0.0873. The molecule has 0 fully saturated rings. The lowest BCUT2D eigenvalue weighted by molar-refractivity contribution is -0.123. The van der Waals surface area contributed by atoms with Crippen molar-refractivity contribution >= 4 is 41.0 Å². The molecule has 0 spiro atoms. The number of anilines is 1. The molecule has 0 radical (unpaired) electrons. The average Bonchev–Trinajstić information content (AvgIpc) is 2.94. The normalized spacial score (nSPS) is 13.9. The molecule has 2 aromatic rings. The van der Waals surface area contributed by atoms with Gasteiger partial charge in [-0.05, 0) is 55.7 Å². The largest absolute Gasteiger partial charge is 0.449 e. The van der Waals surface area contributed by atoms with Crippen molar-refractivity contribution in [2.24, 2.45) is 5.92 Å². The molecular weight excluding hydrogens is 420 g/mol. The Morgan fingerprint density at radius 2 is 1.71 bits per heavy atom. The van der Waals surface area contributed by atoms with Gasteiger partial charge >= 0.3 is 5.97 Å². The maximum absolute atomic E-state index is 12.6. The summed E-state index contributed by atoms with van der Waals surface area (Å²) in [5, 5.41) is 3.14. The Kier molecular flexibility index (Phi) is 6.45. The maximum Gasteiger partial charge on any atom is 0.338 e. The topological polar surface area (TPSA) is 92.8 Å². The number of nitrogens with zero attached hydrogens (tertiary/aromatic N) is 1. The van der Waals surface area contributed by atoms with Gasteiger partial charge in [0.15, 0.2) is 6.10 Å². The number of nitrogens with one attached hydrogen (secondary N) is 1. The molecule has 3 amide bonds. The van der Waals surface area contributed by atoms with Crippen LogP contribution in [0.5, 0.6) is 0 Å². The lowest BCUT2D eigenvalue weighted by atomic mass is 10.1. The van der Waals surface area contributed by atoms with Crippen molar-refractivity contribution in [1.29, 1.82) is 0 Å². The van der Waals surface area contributed by atoms with Crippen LogP contribution < -0.4 is 5.32 Å². The number of esters is 1. The van der Waals surface area contributed by atoms with Crippen molar-refractivity contribution in [2.75, 3.05) is 11.9 Å². The molecule has 0 bridgehead atoms. The van der Waals surface area contributed by atoms with Gasteiger partial charge in [0, 0.05) is 17.3 Å². The third-order valence-electron chi connectivity index (χ3n) is 4.85. The van der Waals surface area contributed by atoms with Crippen LogP contribution in [0.3, 0.4) is 0 Å². The van der Waals surface area contributed by atoms with Crippen molar-refractivity contribution in [3.8, 4) is 0 Å². The predicted molar refractivity (Wildman–Crippen MR) is 116 cm³/mol. The summed E-state index contributed by atoms with van der Waals surface area (Å²) in [6.07, 6.45) is -1.09. The number of carbonyl (C=O) groups is 4. The molecule has 3 rings (SSSR count). The molecule has 1 N–H and O–H groups in total. The molecule has 31 heavy (non-hydrogen) atoms. The summed E-state index contributed by atoms with van der Waals surface area (Å²) in [5.41, 5.74) is 1.85. The van der Waals surface area contributed by atoms with E-state index in [1.54, 1.807) is 18.2 Å². The summed E-state index contributed by atoms with van der Waals surface area (Å²) in [6, 6.07) is 9.25. The molecule has 8 heteroatoms. The van der Waals surface area contributed by atoms with Crippen molar-refractivity contribution in [2.45, 2.75) is 33.8 Å². The lowest BCUT2D eigenvalue weighted by Gasteiger charge is -2.15. The van der Waals surface area contributed by atoms with E-state index in [1.165, 1.54) is 30.0 Å². The summed E-state index contributed by atoms with van der Waals surface area (Å²) in [6.45, 7) is 7.39. The van der Waals surface area contributed by atoms with Gasteiger partial charge in [0.05, 0.1) is 16.7 Å². The molecule has 0 saturated carbocycles. The first kappa shape index (κ1) is 22.5. The summed E-state index contributed by atoms with van der Waals surface area (Å²) in [4.78, 5) is 51.1. The number of hydrogen-bond donors (Lipinski definition) is 1. The van der Waals surface area contributed by atoms with Crippen LogP contribution in [0, 0.1) is 12.8 Å². The molecular formula is C23H23ClN2O5. The van der Waals surface area contributed by atoms with E-state index < -0.39 is 23.9 Å². The number of carbonyl (C=O) groups excluding carboxylic acids is 4. The standard InChI is InChI=1S/C23H23ClN2O5/c1-12(2)11-26-21(28)17-8-6-15(9-18(17)22(26)29)23(30)31-14(4)20(27)25-16-7-5-13(3)19(24)10-16/h5-10,12,14H,11H2,1-4H3,(H,25,27). The highest BCUT2D eigenvalue weighted by Gasteiger charge is 2.36. The van der Waals surface area contributed by atoms with Crippen LogP contribution >= 0.6 is 11.6 Å². The summed E-state index contributed by atoms with van der Waals surface area (Å²) < 4.78 is 5.24. The maximum atomic E-state index is 12.6. The Hall–Kier alpha value is -3.19. The summed E-state index contributed by atoms with van der Waals surface area (Å²) in [7, 11) is 0. The lowest BCUT2D eigenvalue weighted by Crippen LogP contribution is -2.33. The number of halogens is 1. The van der Waals surface area contributed by atoms with Gasteiger partial charge in [-0.1, -0.05) is 31.5 Å². The van der Waals surface area contributed by atoms with Crippen LogP contribution in [-0.2, 0) is 9.53 Å². The number of aryl methyl sites for hydroxylation is 1. The van der Waals surface area contributed by atoms with Crippen molar-refractivity contribution in [3.05, 3.63) is 63.7 Å². The number of rotatable bonds is 6. The van der Waals surface area contributed by atoms with Gasteiger partial charge < -0.3 is 10.1 Å². The Morgan fingerprint density at radius 3 is 2.35 bits per heavy atom. The van der Waals surface area contributed by atoms with E-state index >= 15 is 0 Å². The molecule has 7 nitrogen and oxygen atoms in total. The SMILES string of the molecule is Cc1ccc(NC(=O)C(C)OC(=O)c2ccc3c(c2)C(=O)N(CC(C)C)C3=O)cc1Cl. The highest BCUT2D eigenvalue weighted by atomic mass is 35.5. The van der Waals surface area contributed by atoms with Crippen molar-refractivity contribution < 1.29 is 23.9 Å². The zero-order valence-corrected chi connectivity index (χ0v) is 18.4. The van der Waals surface area contributed by atoms with Crippen LogP contribution in [0.4, 0.5) is 5.69 Å². The third-order valence-corrected chi connectivity index (χ3v) is 5.25. The Bertz CT molecular complexity index is 1080. The van der Waals surface area contributed by atoms with Gasteiger partial charge in [-0.3, -0.25) is 19.3 Å². The Balaban J connectivity index is 1.69. The van der Waals surface area contributed by atoms with Crippen LogP contribution in [0.1, 0.15) is 57.4 Å². The number of imide groups is 1. The fourth-order valence-corrected chi connectivity index (χ4v) is 3.33. The van der Waals surface area contributed by atoms with E-state index in [2.05, 4.69) is 5.32 Å². The molecule has 1 atom stereocenters. The first-order chi connectivity index (χ1) is 14.6. The average molecular weight is 443 g/mol. The summed E-state index contributed by atoms with van der Waals surface area (Å²) in [5.74, 6) is -1.99. The molecule has 162 valence electrons. The third kappa shape index (κ3) is 4.77. The molecule has 0 aliphatic carbocycles. The zero-order chi connectivity index (χ0) is 22.9. The molecule has 1 unspecified atom stereocenters. The van der Waals surface area contributed by atoms with E-state index in [4.69, 9.17) is 16.3 Å². The molecule has 1 aliphatic heterocycles. The van der Waals surface area contributed by atoms with E-state index in [1.807, 2.05) is 20.8 Å². The number of ether oxygens (including phenoxy) is 1. The number of fused-ring (bicyclic) bond motifs is 1. The smallest absolute Gasteiger partial charge is 0.338 e. The molecule has 2 aromatic carbocycles. The zero-order valence-electron chi connectivity index (χ0n) is 17.7. The van der Waals surface area contributed by atoms with Crippen molar-refractivity contribution in [3.63, 3.8) is 0 Å². The second-order valence-electron chi connectivity index (χ2n) is 7.88. The Morgan fingerprint density at radius 1 is 1.03 bits per heavy atom. The first-order valence-corrected chi connectivity index (χ1v) is 10.2. The van der Waals surface area contributed by atoms with Gasteiger partial charge in [-0.25, -0.2) is 4.79 Å². The number of hydrogen-bond acceptors (Lipinski definition) is 5. The molecule has 1 heterocycles. The molecule has 0 aromatic heterocycles. The molecule has 1 aliphatic rings. The van der Waals surface area contributed by atoms with Gasteiger partial charge in [-0.2, -0.15) is 0 Å². The fraction of sp³-hybridized carbons (Fsp3) is 0.304.